The number of halogens is 2. The zero-order valence-corrected chi connectivity index (χ0v) is 15.3. The molecule has 2 aromatic carbocycles. The van der Waals surface area contributed by atoms with Gasteiger partial charge in [-0.3, -0.25) is 0 Å². The number of hydrogen-bond acceptors (Lipinski definition) is 2. The van der Waals surface area contributed by atoms with Gasteiger partial charge in [-0.05, 0) is 35.9 Å². The number of hydrogen-bond donors (Lipinski definition) is 1. The van der Waals surface area contributed by atoms with E-state index >= 15 is 0 Å². The standard InChI is InChI=1S/C19H14BrClN2O/c1-24-14-4-2-3-11(8-14)7-13-10-17-18(19(21)22-13)15-6-5-12(20)9-16(15)23-17/h2-6,8-10,23H,7H2,1H3. The lowest BCUT2D eigenvalue weighted by Gasteiger charge is -2.05. The second-order valence-corrected chi connectivity index (χ2v) is 6.94. The van der Waals surface area contributed by atoms with Crippen LogP contribution in [0.25, 0.3) is 21.8 Å². The Hall–Kier alpha value is -2.04. The van der Waals surface area contributed by atoms with Crippen molar-refractivity contribution in [1.29, 1.82) is 0 Å². The maximum absolute atomic E-state index is 6.48. The molecular formula is C19H14BrClN2O. The minimum Gasteiger partial charge on any atom is -0.497 e. The fourth-order valence-electron chi connectivity index (χ4n) is 2.98. The van der Waals surface area contributed by atoms with E-state index in [1.165, 1.54) is 0 Å². The summed E-state index contributed by atoms with van der Waals surface area (Å²) in [6.45, 7) is 0. The van der Waals surface area contributed by atoms with Gasteiger partial charge in [-0.2, -0.15) is 0 Å². The lowest BCUT2D eigenvalue weighted by atomic mass is 10.1. The van der Waals surface area contributed by atoms with Crippen LogP contribution in [-0.2, 0) is 6.42 Å². The number of H-pyrrole nitrogens is 1. The third kappa shape index (κ3) is 2.76. The van der Waals surface area contributed by atoms with E-state index in [-0.39, 0.29) is 0 Å². The van der Waals surface area contributed by atoms with Crippen molar-refractivity contribution in [3.8, 4) is 5.75 Å². The Labute approximate surface area is 152 Å². The van der Waals surface area contributed by atoms with Gasteiger partial charge in [-0.1, -0.05) is 45.7 Å². The Kier molecular flexibility index (Phi) is 3.94. The topological polar surface area (TPSA) is 37.9 Å². The summed E-state index contributed by atoms with van der Waals surface area (Å²) in [5.41, 5.74) is 4.10. The van der Waals surface area contributed by atoms with Gasteiger partial charge in [-0.25, -0.2) is 4.98 Å². The summed E-state index contributed by atoms with van der Waals surface area (Å²) in [6.07, 6.45) is 0.700. The first-order valence-electron chi connectivity index (χ1n) is 7.53. The number of nitrogens with zero attached hydrogens (tertiary/aromatic N) is 1. The Balaban J connectivity index is 1.81. The molecule has 0 fully saturated rings. The Morgan fingerprint density at radius 3 is 2.83 bits per heavy atom. The number of rotatable bonds is 3. The fourth-order valence-corrected chi connectivity index (χ4v) is 3.66. The molecule has 0 amide bonds. The summed E-state index contributed by atoms with van der Waals surface area (Å²) in [5.74, 6) is 0.843. The molecule has 0 radical (unpaired) electrons. The van der Waals surface area contributed by atoms with Crippen LogP contribution in [0.15, 0.2) is 53.0 Å². The van der Waals surface area contributed by atoms with Crippen LogP contribution in [-0.4, -0.2) is 17.1 Å². The molecule has 2 aromatic heterocycles. The number of pyridine rings is 1. The van der Waals surface area contributed by atoms with Crippen molar-refractivity contribution in [2.24, 2.45) is 0 Å². The number of nitrogens with one attached hydrogen (secondary N) is 1. The molecular weight excluding hydrogens is 388 g/mol. The number of fused-ring (bicyclic) bond motifs is 3. The first kappa shape index (κ1) is 15.5. The van der Waals surface area contributed by atoms with E-state index in [9.17, 15) is 0 Å². The molecule has 0 aliphatic rings. The van der Waals surface area contributed by atoms with Crippen LogP contribution in [0.5, 0.6) is 5.75 Å². The predicted octanol–water partition coefficient (Wildman–Crippen LogP) is 5.73. The molecule has 0 saturated carbocycles. The fraction of sp³-hybridized carbons (Fsp3) is 0.105. The molecule has 0 spiro atoms. The first-order valence-corrected chi connectivity index (χ1v) is 8.70. The van der Waals surface area contributed by atoms with Crippen LogP contribution in [0, 0.1) is 0 Å². The van der Waals surface area contributed by atoms with Crippen LogP contribution < -0.4 is 4.74 Å². The largest absolute Gasteiger partial charge is 0.497 e. The lowest BCUT2D eigenvalue weighted by Crippen LogP contribution is -1.94. The van der Waals surface area contributed by atoms with E-state index in [4.69, 9.17) is 16.3 Å². The van der Waals surface area contributed by atoms with E-state index in [0.29, 0.717) is 11.6 Å². The number of benzene rings is 2. The summed E-state index contributed by atoms with van der Waals surface area (Å²) >= 11 is 9.98. The quantitative estimate of drug-likeness (QED) is 0.445. The Morgan fingerprint density at radius 1 is 1.12 bits per heavy atom. The lowest BCUT2D eigenvalue weighted by molar-refractivity contribution is 0.414. The maximum Gasteiger partial charge on any atom is 0.139 e. The Bertz CT molecular complexity index is 1060. The number of methoxy groups -OCH3 is 1. The molecule has 3 nitrogen and oxygen atoms in total. The van der Waals surface area contributed by atoms with E-state index in [1.54, 1.807) is 7.11 Å². The highest BCUT2D eigenvalue weighted by Crippen LogP contribution is 2.32. The van der Waals surface area contributed by atoms with Gasteiger partial charge >= 0.3 is 0 Å². The van der Waals surface area contributed by atoms with Crippen LogP contribution in [0.3, 0.4) is 0 Å². The average molecular weight is 402 g/mol. The van der Waals surface area contributed by atoms with Crippen molar-refractivity contribution in [1.82, 2.24) is 9.97 Å². The minimum atomic E-state index is 0.527. The molecule has 4 aromatic rings. The van der Waals surface area contributed by atoms with Crippen molar-refractivity contribution < 1.29 is 4.74 Å². The van der Waals surface area contributed by atoms with Gasteiger partial charge in [-0.15, -0.1) is 0 Å². The van der Waals surface area contributed by atoms with Crippen molar-refractivity contribution in [2.45, 2.75) is 6.42 Å². The second-order valence-electron chi connectivity index (χ2n) is 5.67. The third-order valence-electron chi connectivity index (χ3n) is 4.07. The van der Waals surface area contributed by atoms with Crippen molar-refractivity contribution in [2.75, 3.05) is 7.11 Å². The molecule has 0 saturated heterocycles. The van der Waals surface area contributed by atoms with Crippen molar-refractivity contribution >= 4 is 49.3 Å². The van der Waals surface area contributed by atoms with Crippen molar-refractivity contribution in [3.63, 3.8) is 0 Å². The zero-order chi connectivity index (χ0) is 16.7. The minimum absolute atomic E-state index is 0.527. The van der Waals surface area contributed by atoms with Gasteiger partial charge in [0.25, 0.3) is 0 Å². The zero-order valence-electron chi connectivity index (χ0n) is 12.9. The summed E-state index contributed by atoms with van der Waals surface area (Å²) in [4.78, 5) is 8.02. The smallest absolute Gasteiger partial charge is 0.139 e. The summed E-state index contributed by atoms with van der Waals surface area (Å²) in [7, 11) is 1.67. The third-order valence-corrected chi connectivity index (χ3v) is 4.83. The Morgan fingerprint density at radius 2 is 2.00 bits per heavy atom. The molecule has 4 rings (SSSR count). The maximum atomic E-state index is 6.48. The van der Waals surface area contributed by atoms with E-state index in [2.05, 4.69) is 38.0 Å². The van der Waals surface area contributed by atoms with Crippen molar-refractivity contribution in [3.05, 3.63) is 69.4 Å². The molecule has 0 bridgehead atoms. The molecule has 0 atom stereocenters. The van der Waals surface area contributed by atoms with Gasteiger partial charge in [0, 0.05) is 32.9 Å². The first-order chi connectivity index (χ1) is 11.6. The molecule has 24 heavy (non-hydrogen) atoms. The molecule has 0 aliphatic heterocycles. The molecule has 0 aliphatic carbocycles. The number of ether oxygens (including phenoxy) is 1. The van der Waals surface area contributed by atoms with Gasteiger partial charge in [0.15, 0.2) is 0 Å². The second kappa shape index (κ2) is 6.11. The van der Waals surface area contributed by atoms with Gasteiger partial charge in [0.2, 0.25) is 0 Å². The molecule has 120 valence electrons. The highest BCUT2D eigenvalue weighted by Gasteiger charge is 2.12. The van der Waals surface area contributed by atoms with E-state index in [0.717, 1.165) is 43.3 Å². The highest BCUT2D eigenvalue weighted by atomic mass is 79.9. The van der Waals surface area contributed by atoms with E-state index in [1.807, 2.05) is 36.4 Å². The predicted molar refractivity (Wildman–Crippen MR) is 102 cm³/mol. The average Bonchev–Trinajstić information content (AvgIpc) is 2.92. The van der Waals surface area contributed by atoms with Crippen LogP contribution >= 0.6 is 27.5 Å². The van der Waals surface area contributed by atoms with Gasteiger partial charge < -0.3 is 9.72 Å². The monoisotopic (exact) mass is 400 g/mol. The van der Waals surface area contributed by atoms with Gasteiger partial charge in [0.1, 0.15) is 10.9 Å². The number of aromatic nitrogens is 2. The van der Waals surface area contributed by atoms with Crippen LogP contribution in [0.2, 0.25) is 5.15 Å². The summed E-state index contributed by atoms with van der Waals surface area (Å²) in [6, 6.07) is 16.2. The highest BCUT2D eigenvalue weighted by molar-refractivity contribution is 9.10. The summed E-state index contributed by atoms with van der Waals surface area (Å²) < 4.78 is 6.31. The van der Waals surface area contributed by atoms with E-state index < -0.39 is 0 Å². The van der Waals surface area contributed by atoms with Gasteiger partial charge in [0.05, 0.1) is 12.6 Å². The molecule has 2 heterocycles. The number of aromatic amines is 1. The normalized spacial score (nSPS) is 11.3. The summed E-state index contributed by atoms with van der Waals surface area (Å²) in [5, 5.41) is 2.58. The molecule has 1 N–H and O–H groups in total. The molecule has 0 unspecified atom stereocenters. The van der Waals surface area contributed by atoms with Crippen LogP contribution in [0.1, 0.15) is 11.3 Å². The SMILES string of the molecule is COc1cccc(Cc2cc3[nH]c4cc(Br)ccc4c3c(Cl)n2)c1. The molecule has 5 heteroatoms. The van der Waals surface area contributed by atoms with Crippen LogP contribution in [0.4, 0.5) is 0 Å².